The van der Waals surface area contributed by atoms with Crippen molar-refractivity contribution in [3.63, 3.8) is 0 Å². The van der Waals surface area contributed by atoms with Gasteiger partial charge in [-0.15, -0.1) is 11.3 Å². The minimum absolute atomic E-state index is 0.0911. The SMILES string of the molecule is CC(=O)SC1CC(=O)N(C(C)c2cccs2)C1. The Morgan fingerprint density at radius 2 is 2.41 bits per heavy atom. The molecule has 0 radical (unpaired) electrons. The zero-order valence-corrected chi connectivity index (χ0v) is 11.5. The first-order valence-corrected chi connectivity index (χ1v) is 7.34. The lowest BCUT2D eigenvalue weighted by atomic mass is 10.2. The van der Waals surface area contributed by atoms with Gasteiger partial charge in [-0.3, -0.25) is 9.59 Å². The Hall–Kier alpha value is -0.810. The highest BCUT2D eigenvalue weighted by molar-refractivity contribution is 8.14. The van der Waals surface area contributed by atoms with Crippen molar-refractivity contribution in [3.8, 4) is 0 Å². The Balaban J connectivity index is 2.03. The van der Waals surface area contributed by atoms with Crippen LogP contribution < -0.4 is 0 Å². The largest absolute Gasteiger partial charge is 0.334 e. The van der Waals surface area contributed by atoms with Crippen molar-refractivity contribution in [3.05, 3.63) is 22.4 Å². The minimum Gasteiger partial charge on any atom is -0.334 e. The molecule has 1 aliphatic rings. The monoisotopic (exact) mass is 269 g/mol. The predicted octanol–water partition coefficient (Wildman–Crippen LogP) is 2.69. The highest BCUT2D eigenvalue weighted by Crippen LogP contribution is 2.32. The first-order valence-electron chi connectivity index (χ1n) is 5.58. The number of carbonyl (C=O) groups is 2. The number of carbonyl (C=O) groups excluding carboxylic acids is 2. The van der Waals surface area contributed by atoms with Crippen molar-refractivity contribution < 1.29 is 9.59 Å². The average Bonchev–Trinajstić information content (AvgIpc) is 2.85. The van der Waals surface area contributed by atoms with E-state index in [9.17, 15) is 9.59 Å². The molecule has 92 valence electrons. The molecule has 0 aromatic carbocycles. The normalized spacial score (nSPS) is 21.9. The Bertz CT molecular complexity index is 416. The van der Waals surface area contributed by atoms with Gasteiger partial charge in [0.2, 0.25) is 5.91 Å². The molecule has 2 heterocycles. The molecule has 1 aliphatic heterocycles. The molecule has 1 aromatic heterocycles. The summed E-state index contributed by atoms with van der Waals surface area (Å²) in [6.07, 6.45) is 0.486. The van der Waals surface area contributed by atoms with Crippen LogP contribution >= 0.6 is 23.1 Å². The van der Waals surface area contributed by atoms with Gasteiger partial charge in [-0.2, -0.15) is 0 Å². The van der Waals surface area contributed by atoms with Crippen LogP contribution in [0.25, 0.3) is 0 Å². The van der Waals surface area contributed by atoms with Gasteiger partial charge in [-0.05, 0) is 18.4 Å². The molecule has 17 heavy (non-hydrogen) atoms. The van der Waals surface area contributed by atoms with E-state index in [2.05, 4.69) is 0 Å². The Morgan fingerprint density at radius 1 is 1.65 bits per heavy atom. The second kappa shape index (κ2) is 5.23. The summed E-state index contributed by atoms with van der Waals surface area (Å²) in [5.74, 6) is 0.157. The van der Waals surface area contributed by atoms with Crippen molar-refractivity contribution in [1.29, 1.82) is 0 Å². The van der Waals surface area contributed by atoms with Crippen LogP contribution in [0.15, 0.2) is 17.5 Å². The maximum absolute atomic E-state index is 11.9. The molecule has 2 rings (SSSR count). The number of hydrogen-bond acceptors (Lipinski definition) is 4. The Kier molecular flexibility index (Phi) is 3.89. The fraction of sp³-hybridized carbons (Fsp3) is 0.500. The quantitative estimate of drug-likeness (QED) is 0.846. The fourth-order valence-electron chi connectivity index (χ4n) is 2.07. The molecule has 2 unspecified atom stereocenters. The molecule has 0 N–H and O–H groups in total. The van der Waals surface area contributed by atoms with E-state index >= 15 is 0 Å². The molecule has 2 atom stereocenters. The van der Waals surface area contributed by atoms with Crippen LogP contribution in [-0.2, 0) is 9.59 Å². The van der Waals surface area contributed by atoms with E-state index in [-0.39, 0.29) is 22.3 Å². The molecule has 1 fully saturated rings. The van der Waals surface area contributed by atoms with E-state index in [1.165, 1.54) is 16.6 Å². The third kappa shape index (κ3) is 2.90. The lowest BCUT2D eigenvalue weighted by Gasteiger charge is -2.23. The van der Waals surface area contributed by atoms with E-state index in [1.807, 2.05) is 29.3 Å². The molecule has 3 nitrogen and oxygen atoms in total. The van der Waals surface area contributed by atoms with Gasteiger partial charge in [-0.1, -0.05) is 17.8 Å². The fourth-order valence-corrected chi connectivity index (χ4v) is 3.79. The Morgan fingerprint density at radius 3 is 3.00 bits per heavy atom. The van der Waals surface area contributed by atoms with Crippen molar-refractivity contribution in [2.24, 2.45) is 0 Å². The summed E-state index contributed by atoms with van der Waals surface area (Å²) in [6, 6.07) is 4.17. The van der Waals surface area contributed by atoms with Crippen LogP contribution in [0, 0.1) is 0 Å². The third-order valence-electron chi connectivity index (χ3n) is 2.88. The van der Waals surface area contributed by atoms with Crippen LogP contribution in [0.3, 0.4) is 0 Å². The smallest absolute Gasteiger partial charge is 0.224 e. The zero-order chi connectivity index (χ0) is 12.4. The van der Waals surface area contributed by atoms with Gasteiger partial charge >= 0.3 is 0 Å². The topological polar surface area (TPSA) is 37.4 Å². The molecule has 5 heteroatoms. The lowest BCUT2D eigenvalue weighted by molar-refractivity contribution is -0.129. The molecule has 0 spiro atoms. The summed E-state index contributed by atoms with van der Waals surface area (Å²) in [7, 11) is 0. The number of thiophene rings is 1. The highest BCUT2D eigenvalue weighted by atomic mass is 32.2. The van der Waals surface area contributed by atoms with E-state index in [4.69, 9.17) is 0 Å². The van der Waals surface area contributed by atoms with Gasteiger partial charge in [0.1, 0.15) is 0 Å². The maximum atomic E-state index is 11.9. The number of likely N-dealkylation sites (tertiary alicyclic amines) is 1. The highest BCUT2D eigenvalue weighted by Gasteiger charge is 2.34. The third-order valence-corrected chi connectivity index (χ3v) is 4.90. The number of amides is 1. The van der Waals surface area contributed by atoms with E-state index < -0.39 is 0 Å². The summed E-state index contributed by atoms with van der Waals surface area (Å²) < 4.78 is 0. The van der Waals surface area contributed by atoms with Gasteiger partial charge in [0.05, 0.1) is 6.04 Å². The summed E-state index contributed by atoms with van der Waals surface area (Å²) in [6.45, 7) is 4.28. The Labute approximate surface area is 109 Å². The molecule has 1 aromatic rings. The van der Waals surface area contributed by atoms with E-state index in [0.29, 0.717) is 13.0 Å². The van der Waals surface area contributed by atoms with E-state index in [0.717, 1.165) is 0 Å². The molecular formula is C12H15NO2S2. The molecule has 1 amide bonds. The van der Waals surface area contributed by atoms with Crippen LogP contribution in [0.2, 0.25) is 0 Å². The van der Waals surface area contributed by atoms with Crippen molar-refractivity contribution >= 4 is 34.1 Å². The van der Waals surface area contributed by atoms with Crippen LogP contribution in [-0.4, -0.2) is 27.7 Å². The van der Waals surface area contributed by atoms with Gasteiger partial charge in [-0.25, -0.2) is 0 Å². The molecule has 0 aliphatic carbocycles. The van der Waals surface area contributed by atoms with Crippen molar-refractivity contribution in [2.75, 3.05) is 6.54 Å². The van der Waals surface area contributed by atoms with Crippen LogP contribution in [0.5, 0.6) is 0 Å². The average molecular weight is 269 g/mol. The van der Waals surface area contributed by atoms with Crippen LogP contribution in [0.4, 0.5) is 0 Å². The molecule has 0 saturated carbocycles. The number of rotatable bonds is 3. The summed E-state index contributed by atoms with van der Waals surface area (Å²) in [5.41, 5.74) is 0. The van der Waals surface area contributed by atoms with Gasteiger partial charge in [0.15, 0.2) is 5.12 Å². The number of nitrogens with zero attached hydrogens (tertiary/aromatic N) is 1. The number of thioether (sulfide) groups is 1. The van der Waals surface area contributed by atoms with E-state index in [1.54, 1.807) is 18.3 Å². The van der Waals surface area contributed by atoms with Crippen LogP contribution in [0.1, 0.15) is 31.2 Å². The second-order valence-corrected chi connectivity index (χ2v) is 6.63. The lowest BCUT2D eigenvalue weighted by Crippen LogP contribution is -2.28. The predicted molar refractivity (Wildman–Crippen MR) is 71.1 cm³/mol. The summed E-state index contributed by atoms with van der Waals surface area (Å²) in [4.78, 5) is 26.0. The van der Waals surface area contributed by atoms with Gasteiger partial charge < -0.3 is 4.90 Å². The van der Waals surface area contributed by atoms with Gasteiger partial charge in [0, 0.05) is 30.0 Å². The molecular weight excluding hydrogens is 254 g/mol. The molecule has 0 bridgehead atoms. The van der Waals surface area contributed by atoms with Crippen molar-refractivity contribution in [1.82, 2.24) is 4.90 Å². The molecule has 1 saturated heterocycles. The number of hydrogen-bond donors (Lipinski definition) is 0. The first kappa shape index (κ1) is 12.6. The maximum Gasteiger partial charge on any atom is 0.224 e. The van der Waals surface area contributed by atoms with Gasteiger partial charge in [0.25, 0.3) is 0 Å². The standard InChI is InChI=1S/C12H15NO2S2/c1-8(11-4-3-5-16-11)13-7-10(6-12(13)15)17-9(2)14/h3-5,8,10H,6-7H2,1-2H3. The second-order valence-electron chi connectivity index (χ2n) is 4.17. The first-order chi connectivity index (χ1) is 8.08. The summed E-state index contributed by atoms with van der Waals surface area (Å²) in [5, 5.41) is 2.24. The van der Waals surface area contributed by atoms with Crippen molar-refractivity contribution in [2.45, 2.75) is 31.6 Å². The minimum atomic E-state index is 0.0911. The summed E-state index contributed by atoms with van der Waals surface area (Å²) >= 11 is 2.95. The zero-order valence-electron chi connectivity index (χ0n) is 9.88.